The number of nitrogens with two attached hydrogens (primary N) is 1. The number of hydrogen-bond acceptors (Lipinski definition) is 6. The van der Waals surface area contributed by atoms with Crippen LogP contribution in [0, 0.1) is 0 Å². The molecule has 0 atom stereocenters. The van der Waals surface area contributed by atoms with E-state index < -0.39 is 0 Å². The van der Waals surface area contributed by atoms with Gasteiger partial charge in [-0.25, -0.2) is 0 Å². The molecule has 0 fully saturated rings. The Balaban J connectivity index is 2.48. The Kier molecular flexibility index (Phi) is 6.74. The number of allylic oxidation sites excluding steroid dienone is 1. The van der Waals surface area contributed by atoms with E-state index in [9.17, 15) is 4.79 Å². The lowest BCUT2D eigenvalue weighted by Crippen LogP contribution is -2.12. The standard InChI is InChI=1S/C20H23BrN2O4/c1-23(2)17-10-12(6-7-16(17)22)19(24)15(21)9-13-8-14(25-3)11-18(26-4)20(13)27-5/h6-11H,22H2,1-5H3. The van der Waals surface area contributed by atoms with Crippen LogP contribution in [0.1, 0.15) is 15.9 Å². The molecule has 0 saturated heterocycles. The van der Waals surface area contributed by atoms with E-state index in [0.29, 0.717) is 38.5 Å². The highest BCUT2D eigenvalue weighted by atomic mass is 79.9. The lowest BCUT2D eigenvalue weighted by atomic mass is 10.1. The zero-order chi connectivity index (χ0) is 20.1. The summed E-state index contributed by atoms with van der Waals surface area (Å²) >= 11 is 3.38. The molecule has 0 saturated carbocycles. The summed E-state index contributed by atoms with van der Waals surface area (Å²) in [6, 6.07) is 8.66. The maximum absolute atomic E-state index is 12.9. The fourth-order valence-corrected chi connectivity index (χ4v) is 3.08. The van der Waals surface area contributed by atoms with Gasteiger partial charge >= 0.3 is 0 Å². The van der Waals surface area contributed by atoms with Gasteiger partial charge in [0.2, 0.25) is 0 Å². The molecule has 0 unspecified atom stereocenters. The van der Waals surface area contributed by atoms with E-state index >= 15 is 0 Å². The third-order valence-corrected chi connectivity index (χ3v) is 4.58. The van der Waals surface area contributed by atoms with Crippen molar-refractivity contribution in [2.45, 2.75) is 0 Å². The van der Waals surface area contributed by atoms with Gasteiger partial charge in [-0.3, -0.25) is 4.79 Å². The fourth-order valence-electron chi connectivity index (χ4n) is 2.60. The summed E-state index contributed by atoms with van der Waals surface area (Å²) in [6.07, 6.45) is 1.68. The van der Waals surface area contributed by atoms with Crippen LogP contribution in [0.4, 0.5) is 11.4 Å². The summed E-state index contributed by atoms with van der Waals surface area (Å²) in [5.41, 5.74) is 8.52. The highest BCUT2D eigenvalue weighted by molar-refractivity contribution is 9.12. The Bertz CT molecular complexity index is 879. The van der Waals surface area contributed by atoms with Crippen LogP contribution in [0.25, 0.3) is 6.08 Å². The highest BCUT2D eigenvalue weighted by Gasteiger charge is 2.16. The Labute approximate surface area is 167 Å². The summed E-state index contributed by atoms with van der Waals surface area (Å²) in [6.45, 7) is 0. The van der Waals surface area contributed by atoms with Gasteiger partial charge in [0.15, 0.2) is 17.3 Å². The van der Waals surface area contributed by atoms with Crippen LogP contribution in [0.2, 0.25) is 0 Å². The SMILES string of the molecule is COc1cc(C=C(Br)C(=O)c2ccc(N)c(N(C)C)c2)c(OC)c(OC)c1. The van der Waals surface area contributed by atoms with E-state index in [-0.39, 0.29) is 5.78 Å². The molecule has 27 heavy (non-hydrogen) atoms. The van der Waals surface area contributed by atoms with E-state index in [0.717, 1.165) is 5.69 Å². The van der Waals surface area contributed by atoms with Crippen LogP contribution in [-0.4, -0.2) is 41.2 Å². The van der Waals surface area contributed by atoms with Gasteiger partial charge in [0, 0.05) is 31.3 Å². The fraction of sp³-hybridized carbons (Fsp3) is 0.250. The van der Waals surface area contributed by atoms with E-state index in [1.807, 2.05) is 19.0 Å². The first-order valence-corrected chi connectivity index (χ1v) is 8.90. The van der Waals surface area contributed by atoms with Gasteiger partial charge in [-0.05, 0) is 46.3 Å². The first-order valence-electron chi connectivity index (χ1n) is 8.11. The van der Waals surface area contributed by atoms with E-state index in [2.05, 4.69) is 15.9 Å². The topological polar surface area (TPSA) is 74.0 Å². The van der Waals surface area contributed by atoms with Crippen LogP contribution in [0.15, 0.2) is 34.8 Å². The molecular weight excluding hydrogens is 412 g/mol. The van der Waals surface area contributed by atoms with Gasteiger partial charge in [0.25, 0.3) is 0 Å². The molecule has 6 nitrogen and oxygen atoms in total. The Morgan fingerprint density at radius 2 is 1.78 bits per heavy atom. The molecule has 7 heteroatoms. The third-order valence-electron chi connectivity index (χ3n) is 3.99. The van der Waals surface area contributed by atoms with Gasteiger partial charge < -0.3 is 24.8 Å². The monoisotopic (exact) mass is 434 g/mol. The summed E-state index contributed by atoms with van der Waals surface area (Å²) in [5, 5.41) is 0. The number of methoxy groups -OCH3 is 3. The Morgan fingerprint density at radius 1 is 1.07 bits per heavy atom. The molecule has 2 aromatic rings. The Hall–Kier alpha value is -2.67. The molecular formula is C20H23BrN2O4. The first-order chi connectivity index (χ1) is 12.8. The van der Waals surface area contributed by atoms with Crippen LogP contribution in [0.3, 0.4) is 0 Å². The summed E-state index contributed by atoms with van der Waals surface area (Å²) in [7, 11) is 8.39. The summed E-state index contributed by atoms with van der Waals surface area (Å²) < 4.78 is 16.4. The van der Waals surface area contributed by atoms with Crippen LogP contribution < -0.4 is 24.8 Å². The van der Waals surface area contributed by atoms with Gasteiger partial charge in [-0.15, -0.1) is 0 Å². The number of benzene rings is 2. The minimum Gasteiger partial charge on any atom is -0.497 e. The number of Topliss-reactive ketones (excluding diaryl/α,β-unsaturated/α-hetero) is 1. The molecule has 2 aromatic carbocycles. The average Bonchev–Trinajstić information content (AvgIpc) is 2.66. The molecule has 0 spiro atoms. The zero-order valence-corrected chi connectivity index (χ0v) is 17.6. The van der Waals surface area contributed by atoms with Gasteiger partial charge in [0.1, 0.15) is 5.75 Å². The van der Waals surface area contributed by atoms with E-state index in [1.54, 1.807) is 57.7 Å². The minimum absolute atomic E-state index is 0.179. The predicted molar refractivity (Wildman–Crippen MR) is 113 cm³/mol. The number of carbonyl (C=O) groups excluding carboxylic acids is 1. The van der Waals surface area contributed by atoms with Crippen LogP contribution >= 0.6 is 15.9 Å². The molecule has 144 valence electrons. The molecule has 0 aliphatic rings. The third kappa shape index (κ3) is 4.54. The number of nitrogen functional groups attached to an aromatic ring is 1. The number of hydrogen-bond donors (Lipinski definition) is 1. The average molecular weight is 435 g/mol. The lowest BCUT2D eigenvalue weighted by Gasteiger charge is -2.16. The van der Waals surface area contributed by atoms with Gasteiger partial charge in [-0.1, -0.05) is 0 Å². The van der Waals surface area contributed by atoms with Crippen molar-refractivity contribution < 1.29 is 19.0 Å². The number of ketones is 1. The molecule has 0 aliphatic carbocycles. The molecule has 0 radical (unpaired) electrons. The van der Waals surface area contributed by atoms with Crippen molar-refractivity contribution in [1.29, 1.82) is 0 Å². The van der Waals surface area contributed by atoms with Crippen molar-refractivity contribution in [2.75, 3.05) is 46.1 Å². The molecule has 2 rings (SSSR count). The minimum atomic E-state index is -0.179. The number of carbonyl (C=O) groups is 1. The quantitative estimate of drug-likeness (QED) is 0.403. The molecule has 0 amide bonds. The molecule has 0 aliphatic heterocycles. The number of halogens is 1. The second-order valence-electron chi connectivity index (χ2n) is 5.94. The van der Waals surface area contributed by atoms with Crippen molar-refractivity contribution in [2.24, 2.45) is 0 Å². The second-order valence-corrected chi connectivity index (χ2v) is 6.80. The molecule has 0 bridgehead atoms. The van der Waals surface area contributed by atoms with Crippen molar-refractivity contribution >= 4 is 39.2 Å². The predicted octanol–water partition coefficient (Wildman–Crippen LogP) is 3.98. The normalized spacial score (nSPS) is 11.1. The number of nitrogens with zero attached hydrogens (tertiary/aromatic N) is 1. The molecule has 0 aromatic heterocycles. The van der Waals surface area contributed by atoms with Crippen molar-refractivity contribution in [1.82, 2.24) is 0 Å². The van der Waals surface area contributed by atoms with Gasteiger partial charge in [0.05, 0.1) is 37.2 Å². The zero-order valence-electron chi connectivity index (χ0n) is 16.0. The maximum Gasteiger partial charge on any atom is 0.200 e. The number of ether oxygens (including phenoxy) is 3. The van der Waals surface area contributed by atoms with Gasteiger partial charge in [-0.2, -0.15) is 0 Å². The van der Waals surface area contributed by atoms with Crippen LogP contribution in [0.5, 0.6) is 17.2 Å². The smallest absolute Gasteiger partial charge is 0.200 e. The lowest BCUT2D eigenvalue weighted by molar-refractivity contribution is 0.104. The largest absolute Gasteiger partial charge is 0.497 e. The van der Waals surface area contributed by atoms with E-state index in [4.69, 9.17) is 19.9 Å². The highest BCUT2D eigenvalue weighted by Crippen LogP contribution is 2.37. The van der Waals surface area contributed by atoms with Crippen molar-refractivity contribution in [3.05, 3.63) is 45.9 Å². The van der Waals surface area contributed by atoms with E-state index in [1.165, 1.54) is 0 Å². The summed E-state index contributed by atoms with van der Waals surface area (Å²) in [5.74, 6) is 1.43. The number of rotatable bonds is 7. The van der Waals surface area contributed by atoms with Crippen molar-refractivity contribution in [3.63, 3.8) is 0 Å². The number of anilines is 2. The Morgan fingerprint density at radius 3 is 2.33 bits per heavy atom. The summed E-state index contributed by atoms with van der Waals surface area (Å²) in [4.78, 5) is 14.7. The molecule has 2 N–H and O–H groups in total. The first kappa shape index (κ1) is 20.6. The van der Waals surface area contributed by atoms with Crippen LogP contribution in [-0.2, 0) is 0 Å². The second kappa shape index (κ2) is 8.81. The van der Waals surface area contributed by atoms with Crippen molar-refractivity contribution in [3.8, 4) is 17.2 Å². The maximum atomic E-state index is 12.9. The molecule has 0 heterocycles.